The zero-order chi connectivity index (χ0) is 27.2. The van der Waals surface area contributed by atoms with Gasteiger partial charge in [0.1, 0.15) is 43.5 Å². The van der Waals surface area contributed by atoms with Gasteiger partial charge in [-0.25, -0.2) is 9.97 Å². The fourth-order valence-electron chi connectivity index (χ4n) is 4.74. The number of pyridine rings is 1. The number of benzene rings is 2. The Morgan fingerprint density at radius 1 is 1.10 bits per heavy atom. The molecule has 1 aliphatic heterocycles. The van der Waals surface area contributed by atoms with Crippen LogP contribution in [0.3, 0.4) is 0 Å². The van der Waals surface area contributed by atoms with Crippen LogP contribution in [0.5, 0.6) is 11.5 Å². The first kappa shape index (κ1) is 26.6. The number of aromatic nitrogens is 3. The lowest BCUT2D eigenvalue weighted by molar-refractivity contribution is -0.138. The smallest absolute Gasteiger partial charge is 0.248 e. The maximum Gasteiger partial charge on any atom is 0.248 e. The molecule has 4 aromatic rings. The van der Waals surface area contributed by atoms with Crippen molar-refractivity contribution < 1.29 is 19.4 Å². The molecule has 0 bridgehead atoms. The van der Waals surface area contributed by atoms with Crippen LogP contribution in [-0.2, 0) is 11.4 Å². The molecule has 202 valence electrons. The lowest BCUT2D eigenvalue weighted by atomic mass is 10.0. The summed E-state index contributed by atoms with van der Waals surface area (Å²) in [5.41, 5.74) is 3.19. The first-order valence-corrected chi connectivity index (χ1v) is 13.3. The van der Waals surface area contributed by atoms with Crippen LogP contribution in [0.15, 0.2) is 60.9 Å². The number of piperidine rings is 1. The number of rotatable bonds is 9. The first-order chi connectivity index (χ1) is 19.0. The molecule has 0 aliphatic carbocycles. The number of halogens is 1. The molecule has 0 saturated carbocycles. The molecule has 1 saturated heterocycles. The van der Waals surface area contributed by atoms with Gasteiger partial charge in [-0.2, -0.15) is 0 Å². The van der Waals surface area contributed by atoms with E-state index in [2.05, 4.69) is 20.3 Å². The van der Waals surface area contributed by atoms with Crippen molar-refractivity contribution in [2.45, 2.75) is 38.8 Å². The minimum absolute atomic E-state index is 0.101. The van der Waals surface area contributed by atoms with Crippen LogP contribution in [0.1, 0.15) is 30.7 Å². The molecule has 5 rings (SSSR count). The minimum atomic E-state index is -0.498. The number of nitrogens with one attached hydrogen (secondary N) is 1. The fourth-order valence-corrected chi connectivity index (χ4v) is 4.97. The van der Waals surface area contributed by atoms with Gasteiger partial charge >= 0.3 is 0 Å². The number of likely N-dealkylation sites (tertiary alicyclic amines) is 1. The molecule has 1 atom stereocenters. The van der Waals surface area contributed by atoms with Crippen molar-refractivity contribution in [2.75, 3.05) is 25.1 Å². The lowest BCUT2D eigenvalue weighted by Crippen LogP contribution is -2.47. The Balaban J connectivity index is 1.33. The van der Waals surface area contributed by atoms with Crippen LogP contribution >= 0.6 is 11.6 Å². The topological polar surface area (TPSA) is 110 Å². The number of amides is 1. The second-order valence-corrected chi connectivity index (χ2v) is 9.81. The van der Waals surface area contributed by atoms with Gasteiger partial charge in [0.2, 0.25) is 5.91 Å². The summed E-state index contributed by atoms with van der Waals surface area (Å²) in [7, 11) is 0. The number of anilines is 2. The van der Waals surface area contributed by atoms with Crippen LogP contribution in [0.4, 0.5) is 11.5 Å². The van der Waals surface area contributed by atoms with E-state index in [1.54, 1.807) is 17.0 Å². The Morgan fingerprint density at radius 3 is 2.79 bits per heavy atom. The summed E-state index contributed by atoms with van der Waals surface area (Å²) >= 11 is 6.54. The van der Waals surface area contributed by atoms with E-state index in [9.17, 15) is 9.90 Å². The Morgan fingerprint density at radius 2 is 1.97 bits per heavy atom. The Bertz CT molecular complexity index is 1460. The van der Waals surface area contributed by atoms with E-state index >= 15 is 0 Å². The number of hydrogen-bond acceptors (Lipinski definition) is 8. The van der Waals surface area contributed by atoms with Crippen molar-refractivity contribution in [2.24, 2.45) is 0 Å². The van der Waals surface area contributed by atoms with Crippen molar-refractivity contribution in [3.8, 4) is 11.5 Å². The number of fused-ring (bicyclic) bond motifs is 1. The van der Waals surface area contributed by atoms with Gasteiger partial charge in [-0.3, -0.25) is 9.78 Å². The van der Waals surface area contributed by atoms with Gasteiger partial charge in [-0.15, -0.1) is 0 Å². The number of nitrogens with zero attached hydrogens (tertiary/aromatic N) is 4. The highest BCUT2D eigenvalue weighted by atomic mass is 35.5. The zero-order valence-corrected chi connectivity index (χ0v) is 22.4. The highest BCUT2D eigenvalue weighted by Crippen LogP contribution is 2.34. The normalized spacial score (nSPS) is 15.3. The summed E-state index contributed by atoms with van der Waals surface area (Å²) in [6.45, 7) is 2.69. The highest BCUT2D eigenvalue weighted by molar-refractivity contribution is 6.32. The summed E-state index contributed by atoms with van der Waals surface area (Å²) in [5, 5.41) is 13.9. The van der Waals surface area contributed by atoms with E-state index in [1.165, 1.54) is 6.33 Å². The summed E-state index contributed by atoms with van der Waals surface area (Å²) < 4.78 is 12.1. The maximum atomic E-state index is 12.2. The largest absolute Gasteiger partial charge is 0.491 e. The summed E-state index contributed by atoms with van der Waals surface area (Å²) in [6.07, 6.45) is 4.25. The maximum absolute atomic E-state index is 12.2. The van der Waals surface area contributed by atoms with Crippen molar-refractivity contribution >= 4 is 39.9 Å². The van der Waals surface area contributed by atoms with Crippen molar-refractivity contribution in [1.82, 2.24) is 19.9 Å². The molecule has 0 unspecified atom stereocenters. The molecule has 0 spiro atoms. The number of carbonyl (C=O) groups excluding carboxylic acids is 1. The van der Waals surface area contributed by atoms with Gasteiger partial charge in [0.05, 0.1) is 27.7 Å². The molecule has 3 heterocycles. The van der Waals surface area contributed by atoms with Gasteiger partial charge in [0, 0.05) is 17.9 Å². The average molecular weight is 548 g/mol. The first-order valence-electron chi connectivity index (χ1n) is 12.9. The standard InChI is InChI=1S/C29H30ClN5O4/c1-19-6-4-7-21(33-19)16-38-25-12-11-20(14-23(25)30)34-29-28-24(31-18-32-29)9-5-10-26(28)39-17-22-8-2-3-13-35(22)27(37)15-36/h4-7,9-12,14,18,22,36H,2-3,8,13,15-17H2,1H3,(H,31,32,34)/t22-/m1/s1. The summed E-state index contributed by atoms with van der Waals surface area (Å²) in [5.74, 6) is 1.45. The molecule has 39 heavy (non-hydrogen) atoms. The van der Waals surface area contributed by atoms with Crippen molar-refractivity contribution in [1.29, 1.82) is 0 Å². The third kappa shape index (κ3) is 6.38. The second kappa shape index (κ2) is 12.3. The van der Waals surface area contributed by atoms with Gasteiger partial charge in [-0.05, 0) is 68.7 Å². The van der Waals surface area contributed by atoms with E-state index in [4.69, 9.17) is 21.1 Å². The lowest BCUT2D eigenvalue weighted by Gasteiger charge is -2.35. The van der Waals surface area contributed by atoms with Crippen LogP contribution < -0.4 is 14.8 Å². The number of carbonyl (C=O) groups is 1. The van der Waals surface area contributed by atoms with Gasteiger partial charge in [-0.1, -0.05) is 23.7 Å². The number of aliphatic hydroxyl groups is 1. The molecule has 2 N–H and O–H groups in total. The van der Waals surface area contributed by atoms with Crippen LogP contribution in [0, 0.1) is 6.92 Å². The van der Waals surface area contributed by atoms with E-state index in [1.807, 2.05) is 49.4 Å². The summed E-state index contributed by atoms with van der Waals surface area (Å²) in [4.78, 5) is 27.2. The van der Waals surface area contributed by atoms with E-state index < -0.39 is 6.61 Å². The van der Waals surface area contributed by atoms with E-state index in [-0.39, 0.29) is 11.9 Å². The summed E-state index contributed by atoms with van der Waals surface area (Å²) in [6, 6.07) is 16.8. The van der Waals surface area contributed by atoms with Crippen LogP contribution in [0.25, 0.3) is 10.9 Å². The van der Waals surface area contributed by atoms with Crippen molar-refractivity contribution in [3.63, 3.8) is 0 Å². The van der Waals surface area contributed by atoms with E-state index in [0.29, 0.717) is 47.6 Å². The molecular formula is C29H30ClN5O4. The number of aliphatic hydroxyl groups excluding tert-OH is 1. The van der Waals surface area contributed by atoms with Gasteiger partial charge < -0.3 is 24.8 Å². The van der Waals surface area contributed by atoms with Crippen LogP contribution in [0.2, 0.25) is 5.02 Å². The fraction of sp³-hybridized carbons (Fsp3) is 0.310. The number of ether oxygens (including phenoxy) is 2. The Kier molecular flexibility index (Phi) is 8.39. The molecule has 9 nitrogen and oxygen atoms in total. The minimum Gasteiger partial charge on any atom is -0.491 e. The Labute approximate surface area is 231 Å². The van der Waals surface area contributed by atoms with Gasteiger partial charge in [0.15, 0.2) is 0 Å². The zero-order valence-electron chi connectivity index (χ0n) is 21.6. The molecule has 2 aromatic heterocycles. The monoisotopic (exact) mass is 547 g/mol. The molecule has 0 radical (unpaired) electrons. The SMILES string of the molecule is Cc1cccc(COc2ccc(Nc3ncnc4cccc(OC[C@H]5CCCCN5C(=O)CO)c34)cc2Cl)n1. The molecule has 10 heteroatoms. The van der Waals surface area contributed by atoms with E-state index in [0.717, 1.165) is 41.7 Å². The Hall–Kier alpha value is -3.95. The predicted molar refractivity (Wildman–Crippen MR) is 150 cm³/mol. The van der Waals surface area contributed by atoms with Gasteiger partial charge in [0.25, 0.3) is 0 Å². The predicted octanol–water partition coefficient (Wildman–Crippen LogP) is 5.06. The average Bonchev–Trinajstić information content (AvgIpc) is 2.95. The molecule has 2 aromatic carbocycles. The van der Waals surface area contributed by atoms with Crippen molar-refractivity contribution in [3.05, 3.63) is 77.3 Å². The van der Waals surface area contributed by atoms with Crippen LogP contribution in [-0.4, -0.2) is 56.7 Å². The number of hydrogen-bond donors (Lipinski definition) is 2. The highest BCUT2D eigenvalue weighted by Gasteiger charge is 2.27. The second-order valence-electron chi connectivity index (χ2n) is 9.41. The molecule has 1 amide bonds. The molecule has 1 aliphatic rings. The molecule has 1 fully saturated rings. The quantitative estimate of drug-likeness (QED) is 0.299. The molecular weight excluding hydrogens is 518 g/mol. The third-order valence-corrected chi connectivity index (χ3v) is 6.95. The number of aryl methyl sites for hydroxylation is 1. The third-order valence-electron chi connectivity index (χ3n) is 6.65.